The molecule has 1 aromatic carbocycles. The number of piperazine rings is 1. The van der Waals surface area contributed by atoms with Gasteiger partial charge >= 0.3 is 0 Å². The zero-order valence-electron chi connectivity index (χ0n) is 10.4. The van der Waals surface area contributed by atoms with Crippen LogP contribution in [0.4, 0.5) is 4.39 Å². The Morgan fingerprint density at radius 3 is 2.72 bits per heavy atom. The van der Waals surface area contributed by atoms with E-state index in [0.717, 1.165) is 32.6 Å². The standard InChI is InChI=1S/C13H17FN2.2ClH/c1-15-6-7-16-5-4-10-2-3-11(14)8-12(10)13(16)9-15;;/h2-3,8,13H,4-7,9H2,1H3;2*1H. The maximum Gasteiger partial charge on any atom is 0.123 e. The van der Waals surface area contributed by atoms with Gasteiger partial charge in [0.15, 0.2) is 0 Å². The van der Waals surface area contributed by atoms with E-state index in [1.54, 1.807) is 12.1 Å². The van der Waals surface area contributed by atoms with Gasteiger partial charge < -0.3 is 4.90 Å². The summed E-state index contributed by atoms with van der Waals surface area (Å²) in [6, 6.07) is 5.67. The molecule has 1 unspecified atom stereocenters. The summed E-state index contributed by atoms with van der Waals surface area (Å²) in [6.45, 7) is 4.38. The van der Waals surface area contributed by atoms with E-state index in [4.69, 9.17) is 0 Å². The maximum absolute atomic E-state index is 13.3. The molecule has 1 atom stereocenters. The Kier molecular flexibility index (Phi) is 5.41. The smallest absolute Gasteiger partial charge is 0.123 e. The van der Waals surface area contributed by atoms with Gasteiger partial charge in [0.25, 0.3) is 0 Å². The summed E-state index contributed by atoms with van der Waals surface area (Å²) in [5.41, 5.74) is 2.54. The lowest BCUT2D eigenvalue weighted by Gasteiger charge is -2.43. The van der Waals surface area contributed by atoms with Crippen LogP contribution in [0.3, 0.4) is 0 Å². The topological polar surface area (TPSA) is 6.48 Å². The molecule has 0 saturated carbocycles. The van der Waals surface area contributed by atoms with E-state index in [9.17, 15) is 4.39 Å². The van der Waals surface area contributed by atoms with E-state index in [0.29, 0.717) is 6.04 Å². The summed E-state index contributed by atoms with van der Waals surface area (Å²) in [5.74, 6) is -0.103. The molecule has 2 aliphatic heterocycles. The van der Waals surface area contributed by atoms with Crippen molar-refractivity contribution < 1.29 is 4.39 Å². The number of rotatable bonds is 0. The Labute approximate surface area is 120 Å². The molecule has 0 N–H and O–H groups in total. The van der Waals surface area contributed by atoms with E-state index >= 15 is 0 Å². The number of hydrogen-bond acceptors (Lipinski definition) is 2. The van der Waals surface area contributed by atoms with Crippen LogP contribution in [0.15, 0.2) is 18.2 Å². The number of nitrogens with zero attached hydrogens (tertiary/aromatic N) is 2. The average Bonchev–Trinajstić information content (AvgIpc) is 2.29. The monoisotopic (exact) mass is 292 g/mol. The van der Waals surface area contributed by atoms with Gasteiger partial charge in [-0.25, -0.2) is 4.39 Å². The fourth-order valence-electron chi connectivity index (χ4n) is 2.89. The molecule has 5 heteroatoms. The minimum Gasteiger partial charge on any atom is -0.303 e. The van der Waals surface area contributed by atoms with E-state index in [1.165, 1.54) is 11.1 Å². The molecule has 0 bridgehead atoms. The molecule has 0 spiro atoms. The number of fused-ring (bicyclic) bond motifs is 3. The molecule has 2 aliphatic rings. The van der Waals surface area contributed by atoms with Crippen LogP contribution < -0.4 is 0 Å². The van der Waals surface area contributed by atoms with Crippen molar-refractivity contribution in [3.05, 3.63) is 35.1 Å². The van der Waals surface area contributed by atoms with Crippen LogP contribution in [0.2, 0.25) is 0 Å². The van der Waals surface area contributed by atoms with E-state index in [1.807, 2.05) is 6.07 Å². The predicted octanol–water partition coefficient (Wildman–Crippen LogP) is 2.51. The van der Waals surface area contributed by atoms with Crippen LogP contribution in [0.5, 0.6) is 0 Å². The van der Waals surface area contributed by atoms with Crippen molar-refractivity contribution in [2.24, 2.45) is 0 Å². The predicted molar refractivity (Wildman–Crippen MR) is 76.4 cm³/mol. The van der Waals surface area contributed by atoms with Gasteiger partial charge in [-0.1, -0.05) is 6.07 Å². The second-order valence-electron chi connectivity index (χ2n) is 4.91. The Morgan fingerprint density at radius 1 is 1.17 bits per heavy atom. The highest BCUT2D eigenvalue weighted by Gasteiger charge is 2.31. The molecule has 0 aromatic heterocycles. The quantitative estimate of drug-likeness (QED) is 0.725. The first-order valence-corrected chi connectivity index (χ1v) is 5.95. The van der Waals surface area contributed by atoms with Gasteiger partial charge in [-0.3, -0.25) is 4.90 Å². The minimum atomic E-state index is -0.103. The maximum atomic E-state index is 13.3. The third-order valence-electron chi connectivity index (χ3n) is 3.83. The zero-order chi connectivity index (χ0) is 11.1. The summed E-state index contributed by atoms with van der Waals surface area (Å²) in [6.07, 6.45) is 1.07. The van der Waals surface area contributed by atoms with Crippen LogP contribution >= 0.6 is 24.8 Å². The second kappa shape index (κ2) is 6.20. The van der Waals surface area contributed by atoms with Gasteiger partial charge in [0.05, 0.1) is 0 Å². The molecular formula is C13H19Cl2FN2. The highest BCUT2D eigenvalue weighted by Crippen LogP contribution is 2.32. The third-order valence-corrected chi connectivity index (χ3v) is 3.83. The third kappa shape index (κ3) is 2.80. The summed E-state index contributed by atoms with van der Waals surface area (Å²) in [4.78, 5) is 4.82. The Balaban J connectivity index is 0.000000810. The molecule has 1 fully saturated rings. The molecular weight excluding hydrogens is 274 g/mol. The van der Waals surface area contributed by atoms with Crippen molar-refractivity contribution in [1.82, 2.24) is 9.80 Å². The van der Waals surface area contributed by atoms with Crippen molar-refractivity contribution >= 4 is 24.8 Å². The van der Waals surface area contributed by atoms with Gasteiger partial charge in [-0.2, -0.15) is 0 Å². The fourth-order valence-corrected chi connectivity index (χ4v) is 2.89. The first kappa shape index (κ1) is 15.7. The fraction of sp³-hybridized carbons (Fsp3) is 0.538. The van der Waals surface area contributed by atoms with Gasteiger partial charge in [-0.05, 0) is 36.7 Å². The first-order chi connectivity index (χ1) is 7.74. The van der Waals surface area contributed by atoms with Gasteiger partial charge in [0, 0.05) is 32.2 Å². The van der Waals surface area contributed by atoms with E-state index < -0.39 is 0 Å². The highest BCUT2D eigenvalue weighted by molar-refractivity contribution is 5.85. The van der Waals surface area contributed by atoms with Gasteiger partial charge in [-0.15, -0.1) is 24.8 Å². The van der Waals surface area contributed by atoms with Crippen molar-refractivity contribution in [1.29, 1.82) is 0 Å². The van der Waals surface area contributed by atoms with Crippen LogP contribution in [-0.4, -0.2) is 43.0 Å². The van der Waals surface area contributed by atoms with E-state index in [-0.39, 0.29) is 30.6 Å². The summed E-state index contributed by atoms with van der Waals surface area (Å²) in [7, 11) is 2.14. The molecule has 102 valence electrons. The lowest BCUT2D eigenvalue weighted by molar-refractivity contribution is 0.0823. The van der Waals surface area contributed by atoms with Crippen molar-refractivity contribution in [3.63, 3.8) is 0 Å². The Bertz CT molecular complexity index is 414. The highest BCUT2D eigenvalue weighted by atomic mass is 35.5. The molecule has 18 heavy (non-hydrogen) atoms. The molecule has 0 aliphatic carbocycles. The largest absolute Gasteiger partial charge is 0.303 e. The number of likely N-dealkylation sites (N-methyl/N-ethyl adjacent to an activating group) is 1. The summed E-state index contributed by atoms with van der Waals surface area (Å²) >= 11 is 0. The van der Waals surface area contributed by atoms with Crippen LogP contribution in [0, 0.1) is 5.82 Å². The average molecular weight is 293 g/mol. The summed E-state index contributed by atoms with van der Waals surface area (Å²) in [5, 5.41) is 0. The Hall–Kier alpha value is -0.350. The van der Waals surface area contributed by atoms with Gasteiger partial charge in [0.2, 0.25) is 0 Å². The van der Waals surface area contributed by atoms with Crippen LogP contribution in [0.1, 0.15) is 17.2 Å². The lowest BCUT2D eigenvalue weighted by atomic mass is 9.91. The van der Waals surface area contributed by atoms with Crippen LogP contribution in [0.25, 0.3) is 0 Å². The first-order valence-electron chi connectivity index (χ1n) is 5.95. The number of halogens is 3. The van der Waals surface area contributed by atoms with Crippen LogP contribution in [-0.2, 0) is 6.42 Å². The minimum absolute atomic E-state index is 0. The van der Waals surface area contributed by atoms with Crippen molar-refractivity contribution in [2.75, 3.05) is 33.2 Å². The van der Waals surface area contributed by atoms with Crippen molar-refractivity contribution in [3.8, 4) is 0 Å². The molecule has 0 radical (unpaired) electrons. The van der Waals surface area contributed by atoms with Crippen molar-refractivity contribution in [2.45, 2.75) is 12.5 Å². The molecule has 1 aromatic rings. The van der Waals surface area contributed by atoms with E-state index in [2.05, 4.69) is 16.8 Å². The normalized spacial score (nSPS) is 23.3. The molecule has 2 nitrogen and oxygen atoms in total. The second-order valence-corrected chi connectivity index (χ2v) is 4.91. The Morgan fingerprint density at radius 2 is 1.94 bits per heavy atom. The number of hydrogen-bond donors (Lipinski definition) is 0. The SMILES string of the molecule is CN1CCN2CCc3ccc(F)cc3C2C1.Cl.Cl. The summed E-state index contributed by atoms with van der Waals surface area (Å²) < 4.78 is 13.3. The molecule has 3 rings (SSSR count). The zero-order valence-corrected chi connectivity index (χ0v) is 12.1. The molecule has 2 heterocycles. The van der Waals surface area contributed by atoms with Gasteiger partial charge in [0.1, 0.15) is 5.82 Å². The molecule has 0 amide bonds. The number of benzene rings is 1. The molecule has 1 saturated heterocycles. The lowest BCUT2D eigenvalue weighted by Crippen LogP contribution is -2.49.